The maximum Gasteiger partial charge on any atom is 0.223 e. The Morgan fingerprint density at radius 2 is 2.59 bits per heavy atom. The lowest BCUT2D eigenvalue weighted by Crippen LogP contribution is -2.41. The number of carbonyl (C=O) groups excluding carboxylic acids is 1. The van der Waals surface area contributed by atoms with E-state index < -0.39 is 0 Å². The molecular weight excluding hydrogens is 240 g/mol. The van der Waals surface area contributed by atoms with Crippen LogP contribution in [0, 0.1) is 6.92 Å². The molecule has 0 radical (unpaired) electrons. The molecule has 0 aromatic carbocycles. The van der Waals surface area contributed by atoms with Gasteiger partial charge in [0.2, 0.25) is 11.8 Å². The molecule has 0 aliphatic carbocycles. The third-order valence-electron chi connectivity index (χ3n) is 2.44. The highest BCUT2D eigenvalue weighted by atomic mass is 32.2. The van der Waals surface area contributed by atoms with Gasteiger partial charge < -0.3 is 15.2 Å². The summed E-state index contributed by atoms with van der Waals surface area (Å²) in [5, 5.41) is 9.82. The van der Waals surface area contributed by atoms with E-state index in [9.17, 15) is 4.79 Å². The normalized spacial score (nSPS) is 20.2. The average molecular weight is 256 g/mol. The fourth-order valence-electron chi connectivity index (χ4n) is 1.64. The van der Waals surface area contributed by atoms with Crippen LogP contribution >= 0.6 is 11.8 Å². The fraction of sp³-hybridized carbons (Fsp3) is 0.700. The quantitative estimate of drug-likeness (QED) is 0.794. The fourth-order valence-corrected chi connectivity index (χ4v) is 2.59. The molecule has 1 aliphatic rings. The lowest BCUT2D eigenvalue weighted by atomic mass is 10.2. The molecule has 94 valence electrons. The lowest BCUT2D eigenvalue weighted by Gasteiger charge is -2.22. The second-order valence-corrected chi connectivity index (χ2v) is 5.09. The van der Waals surface area contributed by atoms with Crippen LogP contribution in [-0.2, 0) is 11.3 Å². The molecular formula is C10H16N4O2S. The smallest absolute Gasteiger partial charge is 0.223 e. The number of amides is 1. The summed E-state index contributed by atoms with van der Waals surface area (Å²) in [4.78, 5) is 15.7. The van der Waals surface area contributed by atoms with Crippen LogP contribution in [0.25, 0.3) is 0 Å². The van der Waals surface area contributed by atoms with Crippen LogP contribution in [0.15, 0.2) is 4.52 Å². The topological polar surface area (TPSA) is 80.0 Å². The van der Waals surface area contributed by atoms with Crippen LogP contribution in [0.2, 0.25) is 0 Å². The first-order valence-corrected chi connectivity index (χ1v) is 6.76. The molecule has 1 fully saturated rings. The van der Waals surface area contributed by atoms with Crippen molar-refractivity contribution in [3.05, 3.63) is 11.7 Å². The molecule has 1 atom stereocenters. The zero-order valence-electron chi connectivity index (χ0n) is 9.73. The van der Waals surface area contributed by atoms with Crippen molar-refractivity contribution in [1.29, 1.82) is 0 Å². The molecule has 2 N–H and O–H groups in total. The van der Waals surface area contributed by atoms with Crippen LogP contribution in [0.1, 0.15) is 18.1 Å². The van der Waals surface area contributed by atoms with Gasteiger partial charge in [-0.15, -0.1) is 0 Å². The zero-order valence-corrected chi connectivity index (χ0v) is 10.5. The van der Waals surface area contributed by atoms with Gasteiger partial charge in [-0.1, -0.05) is 5.16 Å². The first kappa shape index (κ1) is 12.4. The maximum atomic E-state index is 11.6. The van der Waals surface area contributed by atoms with Gasteiger partial charge in [0.15, 0.2) is 5.82 Å². The van der Waals surface area contributed by atoms with Gasteiger partial charge in [0.05, 0.1) is 6.54 Å². The molecule has 2 heterocycles. The zero-order chi connectivity index (χ0) is 12.1. The molecule has 0 saturated carbocycles. The van der Waals surface area contributed by atoms with Crippen LogP contribution in [0.5, 0.6) is 0 Å². The highest BCUT2D eigenvalue weighted by molar-refractivity contribution is 7.99. The number of aromatic nitrogens is 2. The Balaban J connectivity index is 1.70. The lowest BCUT2D eigenvalue weighted by molar-refractivity contribution is -0.121. The molecule has 0 bridgehead atoms. The van der Waals surface area contributed by atoms with Gasteiger partial charge in [-0.25, -0.2) is 0 Å². The largest absolute Gasteiger partial charge is 0.349 e. The molecule has 0 spiro atoms. The van der Waals surface area contributed by atoms with E-state index in [1.54, 1.807) is 6.92 Å². The van der Waals surface area contributed by atoms with E-state index in [2.05, 4.69) is 20.8 Å². The van der Waals surface area contributed by atoms with Gasteiger partial charge in [0.25, 0.3) is 0 Å². The Kier molecular flexibility index (Phi) is 4.38. The number of hydrogen-bond donors (Lipinski definition) is 2. The van der Waals surface area contributed by atoms with E-state index >= 15 is 0 Å². The van der Waals surface area contributed by atoms with Crippen LogP contribution in [-0.4, -0.2) is 40.1 Å². The monoisotopic (exact) mass is 256 g/mol. The third-order valence-corrected chi connectivity index (χ3v) is 3.57. The number of nitrogens with zero attached hydrogens (tertiary/aromatic N) is 2. The predicted molar refractivity (Wildman–Crippen MR) is 64.6 cm³/mol. The summed E-state index contributed by atoms with van der Waals surface area (Å²) in [5.74, 6) is 3.17. The molecule has 1 unspecified atom stereocenters. The number of nitrogens with one attached hydrogen (secondary N) is 2. The summed E-state index contributed by atoms with van der Waals surface area (Å²) < 4.78 is 4.82. The Labute approximate surface area is 104 Å². The average Bonchev–Trinajstić information content (AvgIpc) is 2.74. The minimum absolute atomic E-state index is 0.0208. The molecule has 7 heteroatoms. The second-order valence-electron chi connectivity index (χ2n) is 3.94. The first-order valence-electron chi connectivity index (χ1n) is 5.61. The SMILES string of the molecule is Cc1nc(CNC(=O)CC2CSCCN2)no1. The summed E-state index contributed by atoms with van der Waals surface area (Å²) in [7, 11) is 0. The van der Waals surface area contributed by atoms with Crippen LogP contribution < -0.4 is 10.6 Å². The molecule has 1 aliphatic heterocycles. The Bertz CT molecular complexity index is 376. The molecule has 1 aromatic rings. The van der Waals surface area contributed by atoms with Crippen molar-refractivity contribution >= 4 is 17.7 Å². The van der Waals surface area contributed by atoms with E-state index in [1.165, 1.54) is 0 Å². The molecule has 6 nitrogen and oxygen atoms in total. The second kappa shape index (κ2) is 6.02. The first-order chi connectivity index (χ1) is 8.24. The maximum absolute atomic E-state index is 11.6. The number of rotatable bonds is 4. The highest BCUT2D eigenvalue weighted by Crippen LogP contribution is 2.09. The minimum atomic E-state index is 0.0208. The van der Waals surface area contributed by atoms with Crippen molar-refractivity contribution in [3.8, 4) is 0 Å². The van der Waals surface area contributed by atoms with E-state index in [0.717, 1.165) is 18.1 Å². The molecule has 2 rings (SSSR count). The summed E-state index contributed by atoms with van der Waals surface area (Å²) >= 11 is 1.88. The standard InChI is InChI=1S/C10H16N4O2S/c1-7-13-9(14-16-7)5-12-10(15)4-8-6-17-3-2-11-8/h8,11H,2-6H2,1H3,(H,12,15). The van der Waals surface area contributed by atoms with Crippen LogP contribution in [0.4, 0.5) is 0 Å². The van der Waals surface area contributed by atoms with Crippen molar-refractivity contribution in [3.63, 3.8) is 0 Å². The van der Waals surface area contributed by atoms with Crippen molar-refractivity contribution in [1.82, 2.24) is 20.8 Å². The van der Waals surface area contributed by atoms with E-state index in [1.807, 2.05) is 11.8 Å². The molecule has 1 amide bonds. The van der Waals surface area contributed by atoms with Crippen molar-refractivity contribution in [2.75, 3.05) is 18.1 Å². The van der Waals surface area contributed by atoms with Crippen molar-refractivity contribution < 1.29 is 9.32 Å². The summed E-state index contributed by atoms with van der Waals surface area (Å²) in [5.41, 5.74) is 0. The van der Waals surface area contributed by atoms with E-state index in [-0.39, 0.29) is 11.9 Å². The Hall–Kier alpha value is -1.08. The van der Waals surface area contributed by atoms with Gasteiger partial charge in [0, 0.05) is 37.4 Å². The molecule has 1 saturated heterocycles. The third kappa shape index (κ3) is 4.01. The van der Waals surface area contributed by atoms with Gasteiger partial charge >= 0.3 is 0 Å². The van der Waals surface area contributed by atoms with Crippen molar-refractivity contribution in [2.45, 2.75) is 25.9 Å². The number of thioether (sulfide) groups is 1. The highest BCUT2D eigenvalue weighted by Gasteiger charge is 2.16. The number of carbonyl (C=O) groups is 1. The number of hydrogen-bond acceptors (Lipinski definition) is 6. The van der Waals surface area contributed by atoms with Gasteiger partial charge in [0.1, 0.15) is 0 Å². The summed E-state index contributed by atoms with van der Waals surface area (Å²) in [6.45, 7) is 3.03. The number of aryl methyl sites for hydroxylation is 1. The summed E-state index contributed by atoms with van der Waals surface area (Å²) in [6.07, 6.45) is 0.504. The Morgan fingerprint density at radius 1 is 1.71 bits per heavy atom. The van der Waals surface area contributed by atoms with Crippen LogP contribution in [0.3, 0.4) is 0 Å². The summed E-state index contributed by atoms with van der Waals surface area (Å²) in [6, 6.07) is 0.278. The Morgan fingerprint density at radius 3 is 3.24 bits per heavy atom. The van der Waals surface area contributed by atoms with E-state index in [0.29, 0.717) is 24.7 Å². The van der Waals surface area contributed by atoms with Gasteiger partial charge in [-0.2, -0.15) is 16.7 Å². The van der Waals surface area contributed by atoms with Gasteiger partial charge in [-0.05, 0) is 0 Å². The predicted octanol–water partition coefficient (Wildman–Crippen LogP) is 0.0893. The van der Waals surface area contributed by atoms with Gasteiger partial charge in [-0.3, -0.25) is 4.79 Å². The van der Waals surface area contributed by atoms with E-state index in [4.69, 9.17) is 4.52 Å². The molecule has 17 heavy (non-hydrogen) atoms. The molecule has 1 aromatic heterocycles. The van der Waals surface area contributed by atoms with Crippen molar-refractivity contribution in [2.24, 2.45) is 0 Å². The minimum Gasteiger partial charge on any atom is -0.349 e.